The maximum absolute atomic E-state index is 13.7. The van der Waals surface area contributed by atoms with Gasteiger partial charge in [-0.25, -0.2) is 14.4 Å². The molecule has 132 valence electrons. The van der Waals surface area contributed by atoms with E-state index in [0.29, 0.717) is 0 Å². The summed E-state index contributed by atoms with van der Waals surface area (Å²) in [5.41, 5.74) is 2.26. The number of hydrogen-bond acceptors (Lipinski definition) is 5. The lowest BCUT2D eigenvalue weighted by molar-refractivity contribution is -0.113. The molecule has 1 aliphatic rings. The summed E-state index contributed by atoms with van der Waals surface area (Å²) < 4.78 is 13.7. The molecule has 1 amide bonds. The van der Waals surface area contributed by atoms with E-state index >= 15 is 0 Å². The molecule has 8 heteroatoms. The number of amides is 1. The molecule has 1 aromatic heterocycles. The molecule has 2 heterocycles. The second-order valence-electron chi connectivity index (χ2n) is 5.68. The van der Waals surface area contributed by atoms with Crippen molar-refractivity contribution >= 4 is 35.0 Å². The smallest absolute Gasteiger partial charge is 0.234 e. The van der Waals surface area contributed by atoms with Crippen LogP contribution in [0.3, 0.4) is 0 Å². The summed E-state index contributed by atoms with van der Waals surface area (Å²) in [6.45, 7) is 4.87. The number of nitrogens with one attached hydrogen (secondary N) is 1. The monoisotopic (exact) mass is 380 g/mol. The van der Waals surface area contributed by atoms with Gasteiger partial charge < -0.3 is 5.32 Å². The van der Waals surface area contributed by atoms with Gasteiger partial charge in [0.05, 0.1) is 17.1 Å². The Labute approximate surface area is 155 Å². The first-order valence-electron chi connectivity index (χ1n) is 7.99. The number of thioether (sulfide) groups is 1. The molecule has 5 nitrogen and oxygen atoms in total. The average Bonchev–Trinajstić information content (AvgIpc) is 2.61. The normalized spacial score (nSPS) is 14.2. The molecule has 0 radical (unpaired) electrons. The summed E-state index contributed by atoms with van der Waals surface area (Å²) >= 11 is 7.06. The van der Waals surface area contributed by atoms with Crippen molar-refractivity contribution in [2.45, 2.75) is 24.9 Å². The topological polar surface area (TPSA) is 58.1 Å². The summed E-state index contributed by atoms with van der Waals surface area (Å²) in [6, 6.07) is 4.16. The highest BCUT2D eigenvalue weighted by Gasteiger charge is 2.20. The van der Waals surface area contributed by atoms with Crippen molar-refractivity contribution in [3.05, 3.63) is 46.6 Å². The Morgan fingerprint density at radius 3 is 3.04 bits per heavy atom. The zero-order valence-electron chi connectivity index (χ0n) is 13.8. The van der Waals surface area contributed by atoms with E-state index in [4.69, 9.17) is 11.6 Å². The second-order valence-corrected chi connectivity index (χ2v) is 7.08. The fraction of sp³-hybridized carbons (Fsp3) is 0.353. The minimum atomic E-state index is -0.552. The van der Waals surface area contributed by atoms with Crippen molar-refractivity contribution in [2.24, 2.45) is 0 Å². The third kappa shape index (κ3) is 4.48. The van der Waals surface area contributed by atoms with E-state index in [9.17, 15) is 9.18 Å². The number of carbonyl (C=O) groups excluding carboxylic acids is 1. The Morgan fingerprint density at radius 2 is 2.28 bits per heavy atom. The lowest BCUT2D eigenvalue weighted by atomic mass is 10.1. The van der Waals surface area contributed by atoms with Crippen LogP contribution in [-0.4, -0.2) is 39.6 Å². The molecule has 0 spiro atoms. The molecule has 0 saturated heterocycles. The van der Waals surface area contributed by atoms with Gasteiger partial charge in [-0.2, -0.15) is 0 Å². The molecule has 1 aliphatic heterocycles. The van der Waals surface area contributed by atoms with Gasteiger partial charge in [0.25, 0.3) is 0 Å². The summed E-state index contributed by atoms with van der Waals surface area (Å²) in [5.74, 6) is -0.692. The van der Waals surface area contributed by atoms with Gasteiger partial charge in [0.15, 0.2) is 0 Å². The molecule has 0 saturated carbocycles. The Balaban J connectivity index is 1.65. The first kappa shape index (κ1) is 18.1. The quantitative estimate of drug-likeness (QED) is 0.636. The minimum Gasteiger partial charge on any atom is -0.323 e. The maximum atomic E-state index is 13.7. The summed E-state index contributed by atoms with van der Waals surface area (Å²) in [6.07, 6.45) is 2.43. The lowest BCUT2D eigenvalue weighted by Crippen LogP contribution is -2.31. The van der Waals surface area contributed by atoms with Gasteiger partial charge in [-0.3, -0.25) is 9.69 Å². The van der Waals surface area contributed by atoms with Crippen LogP contribution in [-0.2, 0) is 17.8 Å². The number of rotatable bonds is 5. The highest BCUT2D eigenvalue weighted by Crippen LogP contribution is 2.27. The fourth-order valence-corrected chi connectivity index (χ4v) is 3.65. The van der Waals surface area contributed by atoms with Gasteiger partial charge in [-0.1, -0.05) is 30.3 Å². The Bertz CT molecular complexity index is 789. The molecule has 1 N–H and O–H groups in total. The van der Waals surface area contributed by atoms with Gasteiger partial charge in [0.2, 0.25) is 5.91 Å². The minimum absolute atomic E-state index is 0.122. The third-order valence-electron chi connectivity index (χ3n) is 4.03. The van der Waals surface area contributed by atoms with Gasteiger partial charge in [-0.15, -0.1) is 0 Å². The summed E-state index contributed by atoms with van der Waals surface area (Å²) in [4.78, 5) is 23.1. The Kier molecular flexibility index (Phi) is 5.88. The molecule has 2 aromatic rings. The standard InChI is InChI=1S/C17H18ClFN4OS/c1-2-23-6-5-14-12(8-23)17(21-10-20-14)25-9-16(24)22-15-4-3-11(18)7-13(15)19/h3-4,7,10H,2,5-6,8-9H2,1H3,(H,22,24). The highest BCUT2D eigenvalue weighted by atomic mass is 35.5. The number of anilines is 1. The van der Waals surface area contributed by atoms with Gasteiger partial charge >= 0.3 is 0 Å². The number of benzene rings is 1. The summed E-state index contributed by atoms with van der Waals surface area (Å²) in [7, 11) is 0. The van der Waals surface area contributed by atoms with Crippen LogP contribution in [0.1, 0.15) is 18.2 Å². The third-order valence-corrected chi connectivity index (χ3v) is 5.30. The molecule has 0 fully saturated rings. The van der Waals surface area contributed by atoms with E-state index in [2.05, 4.69) is 27.1 Å². The van der Waals surface area contributed by atoms with Gasteiger partial charge in [0, 0.05) is 30.1 Å². The zero-order chi connectivity index (χ0) is 17.8. The first-order valence-corrected chi connectivity index (χ1v) is 9.36. The number of hydrogen-bond donors (Lipinski definition) is 1. The average molecular weight is 381 g/mol. The molecule has 0 bridgehead atoms. The van der Waals surface area contributed by atoms with Crippen molar-refractivity contribution in [1.82, 2.24) is 14.9 Å². The molecule has 25 heavy (non-hydrogen) atoms. The van der Waals surface area contributed by atoms with E-state index in [1.807, 2.05) is 0 Å². The lowest BCUT2D eigenvalue weighted by Gasteiger charge is -2.27. The van der Waals surface area contributed by atoms with E-state index in [0.717, 1.165) is 42.3 Å². The maximum Gasteiger partial charge on any atom is 0.234 e. The molecule has 3 rings (SSSR count). The predicted octanol–water partition coefficient (Wildman–Crippen LogP) is 3.38. The number of halogens is 2. The number of carbonyl (C=O) groups is 1. The zero-order valence-corrected chi connectivity index (χ0v) is 15.3. The van der Waals surface area contributed by atoms with Gasteiger partial charge in [0.1, 0.15) is 17.2 Å². The largest absolute Gasteiger partial charge is 0.323 e. The van der Waals surface area contributed by atoms with Crippen LogP contribution >= 0.6 is 23.4 Å². The Hall–Kier alpha value is -1.70. The highest BCUT2D eigenvalue weighted by molar-refractivity contribution is 8.00. The van der Waals surface area contributed by atoms with E-state index < -0.39 is 5.82 Å². The van der Waals surface area contributed by atoms with Crippen molar-refractivity contribution in [2.75, 3.05) is 24.2 Å². The molecule has 0 atom stereocenters. The number of likely N-dealkylation sites (N-methyl/N-ethyl adjacent to an activating group) is 1. The number of aromatic nitrogens is 2. The first-order chi connectivity index (χ1) is 12.1. The van der Waals surface area contributed by atoms with E-state index in [-0.39, 0.29) is 22.4 Å². The van der Waals surface area contributed by atoms with Crippen LogP contribution in [0.25, 0.3) is 0 Å². The van der Waals surface area contributed by atoms with Crippen molar-refractivity contribution in [3.63, 3.8) is 0 Å². The van der Waals surface area contributed by atoms with E-state index in [1.165, 1.54) is 30.0 Å². The fourth-order valence-electron chi connectivity index (χ4n) is 2.68. The Morgan fingerprint density at radius 1 is 1.44 bits per heavy atom. The summed E-state index contributed by atoms with van der Waals surface area (Å²) in [5, 5.41) is 3.66. The number of nitrogens with zero attached hydrogens (tertiary/aromatic N) is 3. The van der Waals surface area contributed by atoms with Gasteiger partial charge in [-0.05, 0) is 24.7 Å². The van der Waals surface area contributed by atoms with Crippen LogP contribution < -0.4 is 5.32 Å². The second kappa shape index (κ2) is 8.12. The molecule has 0 unspecified atom stereocenters. The van der Waals surface area contributed by atoms with Crippen molar-refractivity contribution in [3.8, 4) is 0 Å². The SMILES string of the molecule is CCN1CCc2ncnc(SCC(=O)Nc3ccc(Cl)cc3F)c2C1. The van der Waals surface area contributed by atoms with Crippen molar-refractivity contribution in [1.29, 1.82) is 0 Å². The number of fused-ring (bicyclic) bond motifs is 1. The molecular formula is C17H18ClFN4OS. The van der Waals surface area contributed by atoms with Crippen LogP contribution in [0.15, 0.2) is 29.6 Å². The molecular weight excluding hydrogens is 363 g/mol. The molecule has 1 aromatic carbocycles. The van der Waals surface area contributed by atoms with Crippen LogP contribution in [0.5, 0.6) is 0 Å². The van der Waals surface area contributed by atoms with Crippen LogP contribution in [0.2, 0.25) is 5.02 Å². The van der Waals surface area contributed by atoms with Crippen LogP contribution in [0.4, 0.5) is 10.1 Å². The van der Waals surface area contributed by atoms with Crippen LogP contribution in [0, 0.1) is 5.82 Å². The van der Waals surface area contributed by atoms with E-state index in [1.54, 1.807) is 6.33 Å². The molecule has 0 aliphatic carbocycles. The van der Waals surface area contributed by atoms with Crippen molar-refractivity contribution < 1.29 is 9.18 Å². The predicted molar refractivity (Wildman–Crippen MR) is 97.5 cm³/mol.